The molecule has 2 N–H and O–H groups in total. The molecule has 0 aromatic carbocycles. The van der Waals surface area contributed by atoms with Crippen molar-refractivity contribution >= 4 is 23.6 Å². The van der Waals surface area contributed by atoms with Gasteiger partial charge in [-0.15, -0.1) is 0 Å². The average molecular weight is 569 g/mol. The molecule has 11 heteroatoms. The minimum atomic E-state index is -2.60. The predicted octanol–water partition coefficient (Wildman–Crippen LogP) is 5.99. The molecule has 0 bridgehead atoms. The van der Waals surface area contributed by atoms with Crippen LogP contribution in [0.4, 0.5) is 20.4 Å². The highest BCUT2D eigenvalue weighted by Gasteiger charge is 2.39. The van der Waals surface area contributed by atoms with Crippen molar-refractivity contribution in [2.24, 2.45) is 11.8 Å². The smallest absolute Gasteiger partial charge is 0.311 e. The Labute approximate surface area is 237 Å². The van der Waals surface area contributed by atoms with Crippen LogP contribution in [0.25, 0.3) is 11.3 Å². The maximum Gasteiger partial charge on any atom is 0.311 e. The number of alkyl halides is 2. The molecule has 1 aliphatic carbocycles. The third-order valence-corrected chi connectivity index (χ3v) is 7.31. The van der Waals surface area contributed by atoms with Crippen LogP contribution in [0, 0.1) is 18.8 Å². The number of ether oxygens (including phenoxy) is 2. The van der Waals surface area contributed by atoms with E-state index in [0.29, 0.717) is 42.9 Å². The Morgan fingerprint density at radius 3 is 2.41 bits per heavy atom. The Kier molecular flexibility index (Phi) is 9.27. The van der Waals surface area contributed by atoms with Crippen molar-refractivity contribution in [1.29, 1.82) is 0 Å². The quantitative estimate of drug-likeness (QED) is 0.236. The van der Waals surface area contributed by atoms with Gasteiger partial charge >= 0.3 is 11.9 Å². The van der Waals surface area contributed by atoms with Gasteiger partial charge in [-0.1, -0.05) is 0 Å². The van der Waals surface area contributed by atoms with Gasteiger partial charge in [0.1, 0.15) is 17.2 Å². The van der Waals surface area contributed by atoms with E-state index in [-0.39, 0.29) is 23.2 Å². The Hall–Kier alpha value is -3.99. The maximum atomic E-state index is 13.1. The second kappa shape index (κ2) is 12.7. The van der Waals surface area contributed by atoms with Gasteiger partial charge in [-0.3, -0.25) is 14.6 Å². The summed E-state index contributed by atoms with van der Waals surface area (Å²) in [5.41, 5.74) is 1.40. The van der Waals surface area contributed by atoms with Crippen LogP contribution in [0.2, 0.25) is 0 Å². The van der Waals surface area contributed by atoms with Crippen molar-refractivity contribution in [1.82, 2.24) is 15.0 Å². The lowest BCUT2D eigenvalue weighted by atomic mass is 9.73. The van der Waals surface area contributed by atoms with Crippen LogP contribution in [0.5, 0.6) is 0 Å². The lowest BCUT2D eigenvalue weighted by molar-refractivity contribution is -0.187. The lowest BCUT2D eigenvalue weighted by Crippen LogP contribution is -2.37. The van der Waals surface area contributed by atoms with Crippen LogP contribution in [-0.2, 0) is 24.7 Å². The van der Waals surface area contributed by atoms with Crippen molar-refractivity contribution in [2.45, 2.75) is 71.7 Å². The number of hydrogen-bond donors (Lipinski definition) is 2. The van der Waals surface area contributed by atoms with Crippen LogP contribution < -0.4 is 5.32 Å². The van der Waals surface area contributed by atoms with Gasteiger partial charge < -0.3 is 19.9 Å². The maximum absolute atomic E-state index is 13.1. The highest BCUT2D eigenvalue weighted by molar-refractivity contribution is 5.73. The number of nitrogens with zero attached hydrogens (tertiary/aromatic N) is 3. The van der Waals surface area contributed by atoms with Crippen LogP contribution in [0.3, 0.4) is 0 Å². The van der Waals surface area contributed by atoms with Crippen LogP contribution in [-0.4, -0.2) is 38.3 Å². The summed E-state index contributed by atoms with van der Waals surface area (Å²) in [6.45, 7) is 6.38. The Morgan fingerprint density at radius 2 is 1.78 bits per heavy atom. The number of esters is 2. The minimum Gasteiger partial charge on any atom is -0.426 e. The molecular weight excluding hydrogens is 534 g/mol. The molecule has 0 radical (unpaired) electrons. The number of aliphatic hydroxyl groups is 1. The fraction of sp³-hybridized carbons (Fsp3) is 0.433. The van der Waals surface area contributed by atoms with E-state index in [1.54, 1.807) is 25.3 Å². The van der Waals surface area contributed by atoms with E-state index in [1.165, 1.54) is 32.2 Å². The van der Waals surface area contributed by atoms with E-state index in [9.17, 15) is 23.5 Å². The monoisotopic (exact) mass is 568 g/mol. The summed E-state index contributed by atoms with van der Waals surface area (Å²) >= 11 is 0. The number of nitrogens with one attached hydrogen (secondary N) is 1. The first-order chi connectivity index (χ1) is 19.4. The number of halogens is 2. The Balaban J connectivity index is 1.41. The predicted molar refractivity (Wildman–Crippen MR) is 147 cm³/mol. The second-order valence-electron chi connectivity index (χ2n) is 10.6. The molecule has 2 atom stereocenters. The number of pyridine rings is 3. The van der Waals surface area contributed by atoms with E-state index in [2.05, 4.69) is 20.3 Å². The summed E-state index contributed by atoms with van der Waals surface area (Å²) < 4.78 is 36.2. The summed E-state index contributed by atoms with van der Waals surface area (Å²) in [4.78, 5) is 36.8. The van der Waals surface area contributed by atoms with Crippen molar-refractivity contribution in [3.8, 4) is 11.3 Å². The molecule has 218 valence electrons. The van der Waals surface area contributed by atoms with Gasteiger partial charge in [0.05, 0.1) is 17.3 Å². The highest BCUT2D eigenvalue weighted by Crippen LogP contribution is 2.41. The fourth-order valence-electron chi connectivity index (χ4n) is 5.12. The number of anilines is 2. The molecule has 3 heterocycles. The first-order valence-corrected chi connectivity index (χ1v) is 13.5. The first kappa shape index (κ1) is 30.0. The van der Waals surface area contributed by atoms with E-state index in [0.717, 1.165) is 11.1 Å². The molecule has 1 saturated carbocycles. The van der Waals surface area contributed by atoms with Gasteiger partial charge in [-0.05, 0) is 87.4 Å². The van der Waals surface area contributed by atoms with Gasteiger partial charge in [0.2, 0.25) is 6.29 Å². The summed E-state index contributed by atoms with van der Waals surface area (Å²) in [6, 6.07) is 9.81. The molecule has 2 unspecified atom stereocenters. The number of rotatable bonds is 9. The standard InChI is InChI=1S/C30H34F2N4O5/c1-17-13-24(35-27(14-17)36-26-15-21(28(31)32)11-12-33-26)22-7-10-25(34-16-22)30(4,39)23-8-5-20(6-9-23)29(38)41-19(3)40-18(2)37/h7,10-16,19-20,23,28,39H,5-6,8-9H2,1-4H3,(H,33,35,36). The molecular formula is C30H34F2N4O5. The van der Waals surface area contributed by atoms with Gasteiger partial charge in [0.25, 0.3) is 6.43 Å². The largest absolute Gasteiger partial charge is 0.426 e. The van der Waals surface area contributed by atoms with Gasteiger partial charge in [0.15, 0.2) is 0 Å². The van der Waals surface area contributed by atoms with Gasteiger partial charge in [-0.2, -0.15) is 0 Å². The second-order valence-corrected chi connectivity index (χ2v) is 10.6. The van der Waals surface area contributed by atoms with Crippen molar-refractivity contribution in [3.05, 3.63) is 65.6 Å². The molecule has 1 aliphatic rings. The summed E-state index contributed by atoms with van der Waals surface area (Å²) in [5, 5.41) is 14.4. The summed E-state index contributed by atoms with van der Waals surface area (Å²) in [7, 11) is 0. The molecule has 4 rings (SSSR count). The Morgan fingerprint density at radius 1 is 1.05 bits per heavy atom. The molecule has 0 amide bonds. The average Bonchev–Trinajstić information content (AvgIpc) is 2.92. The topological polar surface area (TPSA) is 124 Å². The molecule has 3 aromatic rings. The van der Waals surface area contributed by atoms with Crippen molar-refractivity contribution in [2.75, 3.05) is 5.32 Å². The molecule has 41 heavy (non-hydrogen) atoms. The molecule has 0 aliphatic heterocycles. The van der Waals surface area contributed by atoms with E-state index < -0.39 is 30.3 Å². The van der Waals surface area contributed by atoms with E-state index in [4.69, 9.17) is 9.47 Å². The third-order valence-electron chi connectivity index (χ3n) is 7.31. The fourth-order valence-corrected chi connectivity index (χ4v) is 5.12. The minimum absolute atomic E-state index is 0.111. The Bertz CT molecular complexity index is 1380. The zero-order valence-electron chi connectivity index (χ0n) is 23.4. The zero-order chi connectivity index (χ0) is 29.7. The molecule has 1 fully saturated rings. The number of aryl methyl sites for hydroxylation is 1. The first-order valence-electron chi connectivity index (χ1n) is 13.5. The molecule has 0 spiro atoms. The molecule has 3 aromatic heterocycles. The van der Waals surface area contributed by atoms with Crippen LogP contribution in [0.15, 0.2) is 48.8 Å². The van der Waals surface area contributed by atoms with Gasteiger partial charge in [-0.25, -0.2) is 18.7 Å². The van der Waals surface area contributed by atoms with Crippen LogP contribution in [0.1, 0.15) is 69.7 Å². The van der Waals surface area contributed by atoms with E-state index in [1.807, 2.05) is 19.1 Å². The van der Waals surface area contributed by atoms with Crippen LogP contribution >= 0.6 is 0 Å². The number of hydrogen-bond acceptors (Lipinski definition) is 9. The molecule has 0 saturated heterocycles. The number of carbonyl (C=O) groups is 2. The number of aromatic nitrogens is 3. The number of carbonyl (C=O) groups excluding carboxylic acids is 2. The lowest BCUT2D eigenvalue weighted by Gasteiger charge is -2.37. The van der Waals surface area contributed by atoms with Crippen molar-refractivity contribution in [3.63, 3.8) is 0 Å². The zero-order valence-corrected chi connectivity index (χ0v) is 23.4. The van der Waals surface area contributed by atoms with Gasteiger partial charge in [0, 0.05) is 37.4 Å². The normalized spacial score (nSPS) is 19.2. The molecule has 9 nitrogen and oxygen atoms in total. The van der Waals surface area contributed by atoms with E-state index >= 15 is 0 Å². The summed E-state index contributed by atoms with van der Waals surface area (Å²) in [5.74, 6) is -0.644. The van der Waals surface area contributed by atoms with Crippen molar-refractivity contribution < 1.29 is 33.0 Å². The third kappa shape index (κ3) is 7.60. The SMILES string of the molecule is CC(=O)OC(C)OC(=O)C1CCC(C(C)(O)c2ccc(-c3cc(C)cc(Nc4cc(C(F)F)ccn4)n3)cn2)CC1. The highest BCUT2D eigenvalue weighted by atomic mass is 19.3. The summed E-state index contributed by atoms with van der Waals surface area (Å²) in [6.07, 6.45) is 1.72.